The van der Waals surface area contributed by atoms with Crippen molar-refractivity contribution in [1.29, 1.82) is 0 Å². The standard InChI is InChI=1S/C22H28BrN3O3S/c1-3-26(4-2)21(16-8-6-5-7-9-16)15-24-22(27)19-14-18(12-13-20(19)23)30(28,29)25-17-10-11-17/h5-9,12-14,17,21,25H,3-4,10-11,15H2,1-2H3,(H,24,27)/t21-/m1/s1. The van der Waals surface area contributed by atoms with Crippen molar-refractivity contribution in [3.05, 3.63) is 64.1 Å². The summed E-state index contributed by atoms with van der Waals surface area (Å²) in [6, 6.07) is 14.7. The molecular formula is C22H28BrN3O3S. The molecule has 0 aromatic heterocycles. The number of benzene rings is 2. The van der Waals surface area contributed by atoms with Gasteiger partial charge in [-0.05, 0) is 65.6 Å². The number of halogens is 1. The lowest BCUT2D eigenvalue weighted by Crippen LogP contribution is -2.38. The molecule has 0 radical (unpaired) electrons. The van der Waals surface area contributed by atoms with Gasteiger partial charge in [-0.15, -0.1) is 0 Å². The molecule has 1 fully saturated rings. The van der Waals surface area contributed by atoms with Crippen LogP contribution < -0.4 is 10.0 Å². The SMILES string of the molecule is CCN(CC)[C@H](CNC(=O)c1cc(S(=O)(=O)NC2CC2)ccc1Br)c1ccccc1. The summed E-state index contributed by atoms with van der Waals surface area (Å²) in [5.41, 5.74) is 1.44. The minimum absolute atomic E-state index is 0.0108. The van der Waals surface area contributed by atoms with Crippen LogP contribution in [0.15, 0.2) is 57.9 Å². The van der Waals surface area contributed by atoms with E-state index in [1.165, 1.54) is 12.1 Å². The summed E-state index contributed by atoms with van der Waals surface area (Å²) in [6.45, 7) is 6.33. The maximum Gasteiger partial charge on any atom is 0.252 e. The summed E-state index contributed by atoms with van der Waals surface area (Å²) >= 11 is 3.38. The lowest BCUT2D eigenvalue weighted by atomic mass is 10.0. The Morgan fingerprint density at radius 3 is 2.40 bits per heavy atom. The monoisotopic (exact) mass is 493 g/mol. The van der Waals surface area contributed by atoms with E-state index in [1.54, 1.807) is 6.07 Å². The topological polar surface area (TPSA) is 78.5 Å². The van der Waals surface area contributed by atoms with E-state index in [0.29, 0.717) is 16.6 Å². The summed E-state index contributed by atoms with van der Waals surface area (Å²) in [4.78, 5) is 15.3. The van der Waals surface area contributed by atoms with E-state index in [0.717, 1.165) is 31.5 Å². The molecule has 1 amide bonds. The van der Waals surface area contributed by atoms with Crippen LogP contribution >= 0.6 is 15.9 Å². The molecule has 1 saturated carbocycles. The Morgan fingerprint density at radius 2 is 1.80 bits per heavy atom. The third-order valence-electron chi connectivity index (χ3n) is 5.29. The van der Waals surface area contributed by atoms with E-state index in [9.17, 15) is 13.2 Å². The first kappa shape index (κ1) is 22.9. The van der Waals surface area contributed by atoms with Crippen molar-refractivity contribution in [2.75, 3.05) is 19.6 Å². The average molecular weight is 494 g/mol. The van der Waals surface area contributed by atoms with Crippen LogP contribution in [0.4, 0.5) is 0 Å². The molecule has 0 saturated heterocycles. The van der Waals surface area contributed by atoms with Gasteiger partial charge in [0.15, 0.2) is 0 Å². The smallest absolute Gasteiger partial charge is 0.252 e. The van der Waals surface area contributed by atoms with Gasteiger partial charge < -0.3 is 5.32 Å². The van der Waals surface area contributed by atoms with Crippen LogP contribution in [0.3, 0.4) is 0 Å². The zero-order valence-electron chi connectivity index (χ0n) is 17.3. The number of carbonyl (C=O) groups excluding carboxylic acids is 1. The predicted molar refractivity (Wildman–Crippen MR) is 122 cm³/mol. The fourth-order valence-corrected chi connectivity index (χ4v) is 5.17. The second-order valence-electron chi connectivity index (χ2n) is 7.39. The highest BCUT2D eigenvalue weighted by Gasteiger charge is 2.29. The molecule has 0 unspecified atom stereocenters. The second-order valence-corrected chi connectivity index (χ2v) is 9.96. The highest BCUT2D eigenvalue weighted by molar-refractivity contribution is 9.10. The van der Waals surface area contributed by atoms with Crippen molar-refractivity contribution in [2.24, 2.45) is 0 Å². The number of amides is 1. The normalized spacial score (nSPS) is 15.2. The van der Waals surface area contributed by atoms with Crippen LogP contribution in [0.1, 0.15) is 48.7 Å². The number of hydrogen-bond donors (Lipinski definition) is 2. The van der Waals surface area contributed by atoms with Gasteiger partial charge in [-0.3, -0.25) is 9.69 Å². The van der Waals surface area contributed by atoms with Crippen LogP contribution in [0.2, 0.25) is 0 Å². The molecule has 0 heterocycles. The Kier molecular flexibility index (Phi) is 7.68. The molecule has 2 aromatic rings. The highest BCUT2D eigenvalue weighted by Crippen LogP contribution is 2.25. The Hall–Kier alpha value is -1.74. The molecule has 6 nitrogen and oxygen atoms in total. The lowest BCUT2D eigenvalue weighted by molar-refractivity contribution is 0.0934. The van der Waals surface area contributed by atoms with Gasteiger partial charge in [-0.2, -0.15) is 0 Å². The van der Waals surface area contributed by atoms with Gasteiger partial charge in [0.05, 0.1) is 16.5 Å². The van der Waals surface area contributed by atoms with E-state index >= 15 is 0 Å². The van der Waals surface area contributed by atoms with Gasteiger partial charge in [-0.25, -0.2) is 13.1 Å². The third-order valence-corrected chi connectivity index (χ3v) is 7.50. The van der Waals surface area contributed by atoms with Crippen molar-refractivity contribution in [2.45, 2.75) is 43.7 Å². The van der Waals surface area contributed by atoms with Crippen molar-refractivity contribution in [3.63, 3.8) is 0 Å². The molecule has 0 aliphatic heterocycles. The lowest BCUT2D eigenvalue weighted by Gasteiger charge is -2.30. The first-order valence-electron chi connectivity index (χ1n) is 10.2. The van der Waals surface area contributed by atoms with Crippen molar-refractivity contribution in [1.82, 2.24) is 14.9 Å². The molecular weight excluding hydrogens is 466 g/mol. The van der Waals surface area contributed by atoms with E-state index in [-0.39, 0.29) is 22.9 Å². The van der Waals surface area contributed by atoms with Gasteiger partial charge in [0, 0.05) is 17.1 Å². The summed E-state index contributed by atoms with van der Waals surface area (Å²) < 4.78 is 28.3. The molecule has 1 aliphatic rings. The maximum absolute atomic E-state index is 12.9. The van der Waals surface area contributed by atoms with Gasteiger partial charge in [-0.1, -0.05) is 44.2 Å². The summed E-state index contributed by atoms with van der Waals surface area (Å²) in [6.07, 6.45) is 1.71. The number of hydrogen-bond acceptors (Lipinski definition) is 4. The van der Waals surface area contributed by atoms with E-state index in [4.69, 9.17) is 0 Å². The molecule has 162 valence electrons. The number of carbonyl (C=O) groups is 1. The molecule has 0 bridgehead atoms. The average Bonchev–Trinajstić information content (AvgIpc) is 3.55. The quantitative estimate of drug-likeness (QED) is 0.528. The summed E-state index contributed by atoms with van der Waals surface area (Å²) in [5, 5.41) is 2.99. The van der Waals surface area contributed by atoms with Gasteiger partial charge in [0.1, 0.15) is 0 Å². The number of sulfonamides is 1. The number of likely N-dealkylation sites (N-methyl/N-ethyl adjacent to an activating group) is 1. The van der Waals surface area contributed by atoms with E-state index < -0.39 is 10.0 Å². The van der Waals surface area contributed by atoms with Crippen LogP contribution in [0.25, 0.3) is 0 Å². The molecule has 2 N–H and O–H groups in total. The molecule has 8 heteroatoms. The number of rotatable bonds is 10. The molecule has 2 aromatic carbocycles. The Labute approximate surface area is 187 Å². The molecule has 30 heavy (non-hydrogen) atoms. The predicted octanol–water partition coefficient (Wildman–Crippen LogP) is 3.70. The first-order chi connectivity index (χ1) is 14.4. The molecule has 1 atom stereocenters. The Morgan fingerprint density at radius 1 is 1.13 bits per heavy atom. The van der Waals surface area contributed by atoms with Gasteiger partial charge >= 0.3 is 0 Å². The highest BCUT2D eigenvalue weighted by atomic mass is 79.9. The Balaban J connectivity index is 1.78. The zero-order chi connectivity index (χ0) is 21.7. The summed E-state index contributed by atoms with van der Waals surface area (Å²) in [7, 11) is -3.62. The van der Waals surface area contributed by atoms with Crippen molar-refractivity contribution >= 4 is 31.9 Å². The number of nitrogens with one attached hydrogen (secondary N) is 2. The molecule has 3 rings (SSSR count). The van der Waals surface area contributed by atoms with Crippen LogP contribution in [-0.4, -0.2) is 44.9 Å². The molecule has 1 aliphatic carbocycles. The van der Waals surface area contributed by atoms with Crippen molar-refractivity contribution in [3.8, 4) is 0 Å². The van der Waals surface area contributed by atoms with E-state index in [1.807, 2.05) is 18.2 Å². The fourth-order valence-electron chi connectivity index (χ4n) is 3.42. The van der Waals surface area contributed by atoms with Crippen molar-refractivity contribution < 1.29 is 13.2 Å². The summed E-state index contributed by atoms with van der Waals surface area (Å²) in [5.74, 6) is -0.307. The van der Waals surface area contributed by atoms with E-state index in [2.05, 4.69) is 56.8 Å². The van der Waals surface area contributed by atoms with Crippen LogP contribution in [0, 0.1) is 0 Å². The minimum atomic E-state index is -3.62. The number of nitrogens with zero attached hydrogens (tertiary/aromatic N) is 1. The third kappa shape index (κ3) is 5.69. The van der Waals surface area contributed by atoms with Crippen LogP contribution in [0.5, 0.6) is 0 Å². The first-order valence-corrected chi connectivity index (χ1v) is 12.5. The second kappa shape index (κ2) is 10.0. The van der Waals surface area contributed by atoms with Crippen LogP contribution in [-0.2, 0) is 10.0 Å². The maximum atomic E-state index is 12.9. The zero-order valence-corrected chi connectivity index (χ0v) is 19.7. The van der Waals surface area contributed by atoms with Gasteiger partial charge in [0.25, 0.3) is 5.91 Å². The minimum Gasteiger partial charge on any atom is -0.350 e. The largest absolute Gasteiger partial charge is 0.350 e. The van der Waals surface area contributed by atoms with Gasteiger partial charge in [0.2, 0.25) is 10.0 Å². The fraction of sp³-hybridized carbons (Fsp3) is 0.409. The molecule has 0 spiro atoms. The Bertz CT molecular complexity index is 974.